The van der Waals surface area contributed by atoms with Crippen molar-refractivity contribution in [3.63, 3.8) is 0 Å². The zero-order valence-electron chi connectivity index (χ0n) is 24.1. The Bertz CT molecular complexity index is 2090. The van der Waals surface area contributed by atoms with E-state index in [1.807, 2.05) is 78.9 Å². The van der Waals surface area contributed by atoms with E-state index in [-0.39, 0.29) is 17.7 Å². The molecule has 0 fully saturated rings. The highest BCUT2D eigenvalue weighted by atomic mass is 127. The Morgan fingerprint density at radius 2 is 1.78 bits per heavy atom. The number of thiazole rings is 1. The van der Waals surface area contributed by atoms with Crippen molar-refractivity contribution in [3.8, 4) is 17.1 Å². The number of hydrogen-bond acceptors (Lipinski definition) is 7. The van der Waals surface area contributed by atoms with Crippen molar-refractivity contribution in [2.45, 2.75) is 26.5 Å². The Morgan fingerprint density at radius 3 is 2.47 bits per heavy atom. The third-order valence-corrected chi connectivity index (χ3v) is 10.2. The van der Waals surface area contributed by atoms with Gasteiger partial charge in [0.25, 0.3) is 5.56 Å². The van der Waals surface area contributed by atoms with Crippen LogP contribution in [0.1, 0.15) is 36.8 Å². The molecule has 0 N–H and O–H groups in total. The highest BCUT2D eigenvalue weighted by Gasteiger charge is 2.35. The summed E-state index contributed by atoms with van der Waals surface area (Å²) >= 11 is 9.26. The standard InChI is InChI=1S/C34H25BrI2N2O5S/c1-3-42-33(41)29-19(2)38-34-39(30(29)27-14-13-26(44-27)22-9-11-23(35)12-10-22)32(40)28(45-34)17-21-15-24(36)31(25(37)16-21)43-18-20-7-5-4-6-8-20/h4-17,30H,3,18H2,1-2H3/b28-17-/t30-/m1/s1. The number of benzene rings is 3. The molecule has 1 atom stereocenters. The van der Waals surface area contributed by atoms with Crippen molar-refractivity contribution in [1.82, 2.24) is 4.57 Å². The summed E-state index contributed by atoms with van der Waals surface area (Å²) in [6, 6.07) is 24.5. The Morgan fingerprint density at radius 1 is 1.07 bits per heavy atom. The number of ether oxygens (including phenoxy) is 2. The maximum Gasteiger partial charge on any atom is 0.338 e. The summed E-state index contributed by atoms with van der Waals surface area (Å²) in [5.74, 6) is 1.33. The largest absolute Gasteiger partial charge is 0.487 e. The second kappa shape index (κ2) is 13.8. The fraction of sp³-hybridized carbons (Fsp3) is 0.147. The van der Waals surface area contributed by atoms with Crippen molar-refractivity contribution in [2.24, 2.45) is 4.99 Å². The minimum absolute atomic E-state index is 0.192. The summed E-state index contributed by atoms with van der Waals surface area (Å²) in [6.07, 6.45) is 1.85. The first kappa shape index (κ1) is 32.0. The molecule has 228 valence electrons. The lowest BCUT2D eigenvalue weighted by atomic mass is 10.0. The summed E-state index contributed by atoms with van der Waals surface area (Å²) in [6.45, 7) is 4.16. The lowest BCUT2D eigenvalue weighted by Gasteiger charge is -2.22. The maximum atomic E-state index is 14.1. The molecule has 1 aliphatic rings. The molecule has 0 radical (unpaired) electrons. The van der Waals surface area contributed by atoms with Crippen LogP contribution in [0.2, 0.25) is 0 Å². The number of nitrogens with zero attached hydrogens (tertiary/aromatic N) is 2. The van der Waals surface area contributed by atoms with E-state index >= 15 is 0 Å². The predicted octanol–water partition coefficient (Wildman–Crippen LogP) is 7.61. The van der Waals surface area contributed by atoms with E-state index in [4.69, 9.17) is 13.9 Å². The first-order valence-corrected chi connectivity index (χ1v) is 17.7. The number of carbonyl (C=O) groups excluding carboxylic acids is 1. The van der Waals surface area contributed by atoms with Gasteiger partial charge in [0.2, 0.25) is 0 Å². The first-order valence-electron chi connectivity index (χ1n) is 13.9. The van der Waals surface area contributed by atoms with Crippen LogP contribution in [-0.2, 0) is 16.1 Å². The molecule has 7 nitrogen and oxygen atoms in total. The average Bonchev–Trinajstić information content (AvgIpc) is 3.62. The normalized spacial score (nSPS) is 14.7. The minimum Gasteiger partial charge on any atom is -0.487 e. The zero-order chi connectivity index (χ0) is 31.7. The molecule has 0 saturated carbocycles. The van der Waals surface area contributed by atoms with E-state index in [0.717, 1.165) is 34.1 Å². The Hall–Kier alpha value is -3.01. The van der Waals surface area contributed by atoms with Gasteiger partial charge in [-0.15, -0.1) is 0 Å². The minimum atomic E-state index is -0.833. The van der Waals surface area contributed by atoms with Gasteiger partial charge in [0.05, 0.1) is 29.5 Å². The number of aromatic nitrogens is 1. The summed E-state index contributed by atoms with van der Waals surface area (Å²) in [4.78, 5) is 32.5. The third kappa shape index (κ3) is 6.76. The summed E-state index contributed by atoms with van der Waals surface area (Å²) < 4.78 is 22.7. The van der Waals surface area contributed by atoms with Crippen LogP contribution in [0, 0.1) is 7.14 Å². The molecule has 3 aromatic carbocycles. The van der Waals surface area contributed by atoms with Gasteiger partial charge in [0.1, 0.15) is 29.9 Å². The number of fused-ring (bicyclic) bond motifs is 1. The van der Waals surface area contributed by atoms with Gasteiger partial charge < -0.3 is 13.9 Å². The van der Waals surface area contributed by atoms with Crippen LogP contribution >= 0.6 is 72.4 Å². The van der Waals surface area contributed by atoms with Crippen molar-refractivity contribution in [2.75, 3.05) is 6.61 Å². The Kier molecular flexibility index (Phi) is 9.78. The number of halogens is 3. The smallest absolute Gasteiger partial charge is 0.338 e. The van der Waals surface area contributed by atoms with Crippen molar-refractivity contribution in [1.29, 1.82) is 0 Å². The molecule has 1 aliphatic heterocycles. The molecule has 2 aromatic heterocycles. The second-order valence-corrected chi connectivity index (χ2v) is 14.3. The molecular weight excluding hydrogens is 882 g/mol. The van der Waals surface area contributed by atoms with Crippen molar-refractivity contribution < 1.29 is 18.7 Å². The maximum absolute atomic E-state index is 14.1. The number of allylic oxidation sites excluding steroid dienone is 1. The van der Waals surface area contributed by atoms with Gasteiger partial charge in [0.15, 0.2) is 4.80 Å². The Balaban J connectivity index is 1.41. The molecule has 0 saturated heterocycles. The second-order valence-electron chi connectivity index (χ2n) is 10.1. The van der Waals surface area contributed by atoms with Crippen molar-refractivity contribution >= 4 is 84.5 Å². The summed E-state index contributed by atoms with van der Waals surface area (Å²) in [5.41, 5.74) is 3.30. The number of esters is 1. The monoisotopic (exact) mass is 906 g/mol. The average molecular weight is 907 g/mol. The van der Waals surface area contributed by atoms with Crippen molar-refractivity contribution in [3.05, 3.63) is 138 Å². The van der Waals surface area contributed by atoms with Crippen LogP contribution in [-0.4, -0.2) is 17.1 Å². The quantitative estimate of drug-likeness (QED) is 0.118. The van der Waals surface area contributed by atoms with E-state index in [2.05, 4.69) is 66.1 Å². The van der Waals surface area contributed by atoms with Gasteiger partial charge >= 0.3 is 5.97 Å². The highest BCUT2D eigenvalue weighted by Crippen LogP contribution is 2.35. The summed E-state index contributed by atoms with van der Waals surface area (Å²) in [5, 5.41) is 0. The molecule has 45 heavy (non-hydrogen) atoms. The molecule has 3 heterocycles. The van der Waals surface area contributed by atoms with E-state index in [0.29, 0.717) is 33.2 Å². The molecular formula is C34H25BrI2N2O5S. The van der Waals surface area contributed by atoms with Crippen LogP contribution in [0.4, 0.5) is 0 Å². The van der Waals surface area contributed by atoms with E-state index in [9.17, 15) is 9.59 Å². The molecule has 0 unspecified atom stereocenters. The summed E-state index contributed by atoms with van der Waals surface area (Å²) in [7, 11) is 0. The molecule has 0 bridgehead atoms. The number of hydrogen-bond donors (Lipinski definition) is 0. The SMILES string of the molecule is CCOC(=O)C1=C(C)N=c2s/c(=C\c3cc(I)c(OCc4ccccc4)c(I)c3)c(=O)n2[C@@H]1c1ccc(-c2ccc(Br)cc2)o1. The third-order valence-electron chi connectivity index (χ3n) is 7.09. The van der Waals surface area contributed by atoms with Crippen LogP contribution in [0.15, 0.2) is 109 Å². The molecule has 5 aromatic rings. The number of carbonyl (C=O) groups is 1. The van der Waals surface area contributed by atoms with E-state index in [1.165, 1.54) is 15.9 Å². The highest BCUT2D eigenvalue weighted by molar-refractivity contribution is 14.1. The predicted molar refractivity (Wildman–Crippen MR) is 195 cm³/mol. The van der Waals surface area contributed by atoms with E-state index in [1.54, 1.807) is 19.9 Å². The lowest BCUT2D eigenvalue weighted by molar-refractivity contribution is -0.139. The number of rotatable bonds is 8. The fourth-order valence-electron chi connectivity index (χ4n) is 5.01. The first-order chi connectivity index (χ1) is 21.7. The van der Waals surface area contributed by atoms with Crippen LogP contribution in [0.5, 0.6) is 5.75 Å². The molecule has 0 spiro atoms. The lowest BCUT2D eigenvalue weighted by Crippen LogP contribution is -2.39. The van der Waals surface area contributed by atoms with Gasteiger partial charge in [0, 0.05) is 10.0 Å². The van der Waals surface area contributed by atoms with Gasteiger partial charge in [-0.1, -0.05) is 69.7 Å². The molecule has 6 rings (SSSR count). The van der Waals surface area contributed by atoms with Gasteiger partial charge in [-0.2, -0.15) is 0 Å². The molecule has 11 heteroatoms. The molecule has 0 aliphatic carbocycles. The zero-order valence-corrected chi connectivity index (χ0v) is 30.8. The van der Waals surface area contributed by atoms with Crippen LogP contribution in [0.3, 0.4) is 0 Å². The van der Waals surface area contributed by atoms with E-state index < -0.39 is 12.0 Å². The van der Waals surface area contributed by atoms with Crippen LogP contribution in [0.25, 0.3) is 17.4 Å². The number of furan rings is 1. The topological polar surface area (TPSA) is 83.0 Å². The molecule has 0 amide bonds. The van der Waals surface area contributed by atoms with Crippen LogP contribution < -0.4 is 19.6 Å². The van der Waals surface area contributed by atoms with Gasteiger partial charge in [-0.3, -0.25) is 9.36 Å². The Labute approximate surface area is 298 Å². The van der Waals surface area contributed by atoms with Gasteiger partial charge in [-0.25, -0.2) is 9.79 Å². The fourth-order valence-corrected chi connectivity index (χ4v) is 8.45. The van der Waals surface area contributed by atoms with Gasteiger partial charge in [-0.05, 0) is 113 Å².